The molecule has 17 heavy (non-hydrogen) atoms. The summed E-state index contributed by atoms with van der Waals surface area (Å²) >= 11 is 1.18. The van der Waals surface area contributed by atoms with E-state index in [1.54, 1.807) is 0 Å². The molecule has 0 aliphatic carbocycles. The second-order valence-electron chi connectivity index (χ2n) is 4.41. The summed E-state index contributed by atoms with van der Waals surface area (Å²) in [5.74, 6) is 0.475. The van der Waals surface area contributed by atoms with Crippen LogP contribution in [0.4, 0.5) is 13.2 Å². The molecule has 2 rings (SSSR count). The van der Waals surface area contributed by atoms with Crippen LogP contribution in [0.15, 0.2) is 0 Å². The minimum atomic E-state index is -4.31. The number of hydrogen-bond donors (Lipinski definition) is 1. The van der Waals surface area contributed by atoms with Gasteiger partial charge in [-0.05, 0) is 38.8 Å². The number of halogens is 3. The summed E-state index contributed by atoms with van der Waals surface area (Å²) in [6.45, 7) is 3.41. The normalized spacial score (nSPS) is 18.6. The van der Waals surface area contributed by atoms with Gasteiger partial charge in [-0.2, -0.15) is 13.2 Å². The van der Waals surface area contributed by atoms with Gasteiger partial charge in [-0.15, -0.1) is 11.3 Å². The highest BCUT2D eigenvalue weighted by molar-refractivity contribution is 7.11. The number of nitrogens with zero attached hydrogens (tertiary/aromatic N) is 1. The zero-order valence-electron chi connectivity index (χ0n) is 9.60. The quantitative estimate of drug-likeness (QED) is 0.888. The van der Waals surface area contributed by atoms with Crippen LogP contribution in [0.2, 0.25) is 0 Å². The first kappa shape index (κ1) is 12.8. The van der Waals surface area contributed by atoms with Crippen molar-refractivity contribution in [3.8, 4) is 0 Å². The maximum Gasteiger partial charge on any atom is 0.434 e. The molecule has 2 nitrogen and oxygen atoms in total. The molecule has 0 aromatic carbocycles. The van der Waals surface area contributed by atoms with Crippen molar-refractivity contribution in [2.24, 2.45) is 5.92 Å². The third-order valence-corrected chi connectivity index (χ3v) is 4.02. The van der Waals surface area contributed by atoms with Gasteiger partial charge in [0.1, 0.15) is 0 Å². The molecule has 0 spiro atoms. The van der Waals surface area contributed by atoms with E-state index in [-0.39, 0.29) is 4.88 Å². The van der Waals surface area contributed by atoms with E-state index in [4.69, 9.17) is 0 Å². The number of aromatic nitrogens is 1. The summed E-state index contributed by atoms with van der Waals surface area (Å²) in [5, 5.41) is 3.87. The minimum Gasteiger partial charge on any atom is -0.317 e. The Balaban J connectivity index is 2.06. The number of aryl methyl sites for hydroxylation is 1. The van der Waals surface area contributed by atoms with Crippen LogP contribution in [0.1, 0.15) is 28.4 Å². The molecule has 1 aliphatic heterocycles. The van der Waals surface area contributed by atoms with Crippen molar-refractivity contribution in [1.29, 1.82) is 0 Å². The maximum atomic E-state index is 12.6. The third kappa shape index (κ3) is 3.19. The first-order valence-electron chi connectivity index (χ1n) is 5.71. The summed E-state index contributed by atoms with van der Waals surface area (Å²) in [4.78, 5) is 4.03. The van der Waals surface area contributed by atoms with Gasteiger partial charge in [-0.1, -0.05) is 0 Å². The predicted molar refractivity (Wildman–Crippen MR) is 61.2 cm³/mol. The molecule has 6 heteroatoms. The van der Waals surface area contributed by atoms with Crippen molar-refractivity contribution in [2.45, 2.75) is 32.4 Å². The summed E-state index contributed by atoms with van der Waals surface area (Å²) < 4.78 is 37.7. The largest absolute Gasteiger partial charge is 0.434 e. The van der Waals surface area contributed by atoms with E-state index in [1.165, 1.54) is 18.3 Å². The lowest BCUT2D eigenvalue weighted by molar-refractivity contribution is -0.141. The van der Waals surface area contributed by atoms with Crippen molar-refractivity contribution in [3.05, 3.63) is 15.6 Å². The summed E-state index contributed by atoms with van der Waals surface area (Å²) in [6, 6.07) is 0. The van der Waals surface area contributed by atoms with E-state index in [1.807, 2.05) is 0 Å². The molecule has 0 saturated carbocycles. The Morgan fingerprint density at radius 1 is 1.35 bits per heavy atom. The van der Waals surface area contributed by atoms with Crippen LogP contribution in [-0.2, 0) is 12.6 Å². The Bertz CT molecular complexity index is 381. The molecular formula is C11H15F3N2S. The van der Waals surface area contributed by atoms with Gasteiger partial charge in [0, 0.05) is 11.3 Å². The summed E-state index contributed by atoms with van der Waals surface area (Å²) in [6.07, 6.45) is -1.57. The van der Waals surface area contributed by atoms with Gasteiger partial charge in [-0.3, -0.25) is 0 Å². The standard InChI is InChI=1S/C11H15F3N2S/c1-7-10(11(12,13)14)16-9(17-7)6-8-2-4-15-5-3-8/h8,15H,2-6H2,1H3. The van der Waals surface area contributed by atoms with Crippen molar-refractivity contribution in [3.63, 3.8) is 0 Å². The fourth-order valence-electron chi connectivity index (χ4n) is 2.13. The highest BCUT2D eigenvalue weighted by Crippen LogP contribution is 2.34. The van der Waals surface area contributed by atoms with Gasteiger partial charge >= 0.3 is 6.18 Å². The van der Waals surface area contributed by atoms with Crippen LogP contribution >= 0.6 is 11.3 Å². The van der Waals surface area contributed by atoms with Crippen LogP contribution in [0.5, 0.6) is 0 Å². The highest BCUT2D eigenvalue weighted by atomic mass is 32.1. The van der Waals surface area contributed by atoms with E-state index in [0.717, 1.165) is 25.9 Å². The van der Waals surface area contributed by atoms with Gasteiger partial charge in [0.05, 0.1) is 5.01 Å². The average Bonchev–Trinajstić information content (AvgIpc) is 2.60. The van der Waals surface area contributed by atoms with E-state index in [2.05, 4.69) is 10.3 Å². The predicted octanol–water partition coefficient (Wildman–Crippen LogP) is 3.01. The molecule has 1 aromatic heterocycles. The fraction of sp³-hybridized carbons (Fsp3) is 0.727. The molecule has 1 saturated heterocycles. The van der Waals surface area contributed by atoms with Crippen molar-refractivity contribution >= 4 is 11.3 Å². The molecule has 1 fully saturated rings. The molecule has 0 atom stereocenters. The van der Waals surface area contributed by atoms with E-state index >= 15 is 0 Å². The molecule has 1 aromatic rings. The van der Waals surface area contributed by atoms with Crippen LogP contribution in [-0.4, -0.2) is 18.1 Å². The van der Waals surface area contributed by atoms with Crippen molar-refractivity contribution in [1.82, 2.24) is 10.3 Å². The zero-order valence-corrected chi connectivity index (χ0v) is 10.4. The van der Waals surface area contributed by atoms with E-state index in [9.17, 15) is 13.2 Å². The van der Waals surface area contributed by atoms with Gasteiger partial charge in [0.2, 0.25) is 0 Å². The molecule has 1 N–H and O–H groups in total. The second-order valence-corrected chi connectivity index (χ2v) is 5.70. The van der Waals surface area contributed by atoms with Crippen LogP contribution in [0.3, 0.4) is 0 Å². The smallest absolute Gasteiger partial charge is 0.317 e. The molecule has 0 bridgehead atoms. The molecule has 0 unspecified atom stereocenters. The minimum absolute atomic E-state index is 0.279. The Morgan fingerprint density at radius 2 is 2.00 bits per heavy atom. The Hall–Kier alpha value is -0.620. The van der Waals surface area contributed by atoms with Gasteiger partial charge in [-0.25, -0.2) is 4.98 Å². The molecule has 96 valence electrons. The van der Waals surface area contributed by atoms with E-state index in [0.29, 0.717) is 17.3 Å². The average molecular weight is 264 g/mol. The topological polar surface area (TPSA) is 24.9 Å². The molecular weight excluding hydrogens is 249 g/mol. The second kappa shape index (κ2) is 4.94. The number of hydrogen-bond acceptors (Lipinski definition) is 3. The number of rotatable bonds is 2. The molecule has 0 amide bonds. The number of nitrogens with one attached hydrogen (secondary N) is 1. The van der Waals surface area contributed by atoms with Gasteiger partial charge < -0.3 is 5.32 Å². The number of piperidine rings is 1. The maximum absolute atomic E-state index is 12.6. The SMILES string of the molecule is Cc1sc(CC2CCNCC2)nc1C(F)(F)F. The first-order chi connectivity index (χ1) is 7.97. The van der Waals surface area contributed by atoms with E-state index < -0.39 is 11.9 Å². The van der Waals surface area contributed by atoms with Crippen molar-refractivity contribution < 1.29 is 13.2 Å². The van der Waals surface area contributed by atoms with Gasteiger partial charge in [0.25, 0.3) is 0 Å². The Labute approximate surface area is 102 Å². The summed E-state index contributed by atoms with van der Waals surface area (Å²) in [5.41, 5.74) is -0.702. The van der Waals surface area contributed by atoms with Crippen LogP contribution in [0.25, 0.3) is 0 Å². The molecule has 0 radical (unpaired) electrons. The van der Waals surface area contributed by atoms with Gasteiger partial charge in [0.15, 0.2) is 5.69 Å². The fourth-order valence-corrected chi connectivity index (χ4v) is 3.20. The molecule has 1 aliphatic rings. The van der Waals surface area contributed by atoms with Crippen molar-refractivity contribution in [2.75, 3.05) is 13.1 Å². The lowest BCUT2D eigenvalue weighted by atomic mass is 9.95. The summed E-state index contributed by atoms with van der Waals surface area (Å²) in [7, 11) is 0. The monoisotopic (exact) mass is 264 g/mol. The first-order valence-corrected chi connectivity index (χ1v) is 6.52. The number of thiazole rings is 1. The highest BCUT2D eigenvalue weighted by Gasteiger charge is 2.36. The van der Waals surface area contributed by atoms with Crippen LogP contribution < -0.4 is 5.32 Å². The zero-order chi connectivity index (χ0) is 12.5. The molecule has 2 heterocycles. The number of alkyl halides is 3. The third-order valence-electron chi connectivity index (χ3n) is 3.03. The Morgan fingerprint density at radius 3 is 2.53 bits per heavy atom. The Kier molecular flexibility index (Phi) is 3.73. The van der Waals surface area contributed by atoms with Crippen LogP contribution in [0, 0.1) is 12.8 Å². The lowest BCUT2D eigenvalue weighted by Crippen LogP contribution is -2.28. The lowest BCUT2D eigenvalue weighted by Gasteiger charge is -2.21.